The molecular weight excluding hydrogens is 318 g/mol. The average molecular weight is 345 g/mol. The van der Waals surface area contributed by atoms with Crippen LogP contribution in [0.25, 0.3) is 0 Å². The van der Waals surface area contributed by atoms with Crippen molar-refractivity contribution in [3.05, 3.63) is 44.9 Å². The number of hydrogen-bond acceptors (Lipinski definition) is 4. The Bertz CT molecular complexity index is 787. The fourth-order valence-electron chi connectivity index (χ4n) is 3.01. The van der Waals surface area contributed by atoms with Gasteiger partial charge in [-0.2, -0.15) is 10.1 Å². The van der Waals surface area contributed by atoms with E-state index >= 15 is 0 Å². The van der Waals surface area contributed by atoms with E-state index in [0.29, 0.717) is 25.2 Å². The molecule has 0 aliphatic carbocycles. The van der Waals surface area contributed by atoms with Gasteiger partial charge < -0.3 is 4.90 Å². The Morgan fingerprint density at radius 2 is 2.00 bits per heavy atom. The van der Waals surface area contributed by atoms with E-state index < -0.39 is 0 Å². The van der Waals surface area contributed by atoms with Crippen molar-refractivity contribution in [1.82, 2.24) is 24.6 Å². The van der Waals surface area contributed by atoms with Gasteiger partial charge in [-0.05, 0) is 52.2 Å². The molecular formula is C18H27N5O2. The number of nitrogens with one attached hydrogen (secondary N) is 1. The second-order valence-corrected chi connectivity index (χ2v) is 6.55. The van der Waals surface area contributed by atoms with Crippen molar-refractivity contribution in [2.45, 2.75) is 53.5 Å². The third kappa shape index (κ3) is 4.78. The third-order valence-corrected chi connectivity index (χ3v) is 4.52. The molecule has 7 nitrogen and oxygen atoms in total. The quantitative estimate of drug-likeness (QED) is 0.827. The SMILES string of the molecule is Cc1cc(C)n(CCC(=O)N(C)CCCc2c(C)n[nH]c2C)c(=O)n1. The number of rotatable bonds is 7. The summed E-state index contributed by atoms with van der Waals surface area (Å²) in [7, 11) is 1.81. The fraction of sp³-hybridized carbons (Fsp3) is 0.556. The number of aryl methyl sites for hydroxylation is 4. The van der Waals surface area contributed by atoms with Gasteiger partial charge in [0.25, 0.3) is 0 Å². The van der Waals surface area contributed by atoms with Gasteiger partial charge in [0.05, 0.1) is 5.69 Å². The lowest BCUT2D eigenvalue weighted by Gasteiger charge is -2.18. The minimum atomic E-state index is -0.293. The number of H-pyrrole nitrogens is 1. The Balaban J connectivity index is 1.84. The molecule has 0 bridgehead atoms. The van der Waals surface area contributed by atoms with E-state index in [4.69, 9.17) is 0 Å². The molecule has 25 heavy (non-hydrogen) atoms. The lowest BCUT2D eigenvalue weighted by molar-refractivity contribution is -0.130. The molecule has 136 valence electrons. The van der Waals surface area contributed by atoms with E-state index in [0.717, 1.165) is 29.9 Å². The van der Waals surface area contributed by atoms with E-state index in [1.807, 2.05) is 26.8 Å². The van der Waals surface area contributed by atoms with Gasteiger partial charge in [0.1, 0.15) is 0 Å². The molecule has 2 rings (SSSR count). The minimum Gasteiger partial charge on any atom is -0.346 e. The molecule has 0 aromatic carbocycles. The summed E-state index contributed by atoms with van der Waals surface area (Å²) in [5.41, 5.74) is 4.58. The van der Waals surface area contributed by atoms with Gasteiger partial charge >= 0.3 is 5.69 Å². The standard InChI is InChI=1S/C18H27N5O2/c1-12-11-13(2)23(18(25)19-12)10-8-17(24)22(5)9-6-7-16-14(3)20-21-15(16)4/h11H,6-10H2,1-5H3,(H,20,21). The summed E-state index contributed by atoms with van der Waals surface area (Å²) in [5, 5.41) is 7.17. The summed E-state index contributed by atoms with van der Waals surface area (Å²) in [6, 6.07) is 1.85. The average Bonchev–Trinajstić information content (AvgIpc) is 2.85. The van der Waals surface area contributed by atoms with Gasteiger partial charge in [0, 0.05) is 43.6 Å². The Hall–Kier alpha value is -2.44. The largest absolute Gasteiger partial charge is 0.347 e. The molecule has 0 radical (unpaired) electrons. The van der Waals surface area contributed by atoms with Crippen molar-refractivity contribution >= 4 is 5.91 Å². The highest BCUT2D eigenvalue weighted by Crippen LogP contribution is 2.12. The molecule has 0 saturated heterocycles. The summed E-state index contributed by atoms with van der Waals surface area (Å²) in [5.74, 6) is 0.0347. The number of carbonyl (C=O) groups is 1. The number of carbonyl (C=O) groups excluding carboxylic acids is 1. The third-order valence-electron chi connectivity index (χ3n) is 4.52. The molecule has 0 saturated carbocycles. The zero-order chi connectivity index (χ0) is 18.6. The number of hydrogen-bond donors (Lipinski definition) is 1. The highest BCUT2D eigenvalue weighted by atomic mass is 16.2. The predicted molar refractivity (Wildman–Crippen MR) is 96.6 cm³/mol. The van der Waals surface area contributed by atoms with Crippen LogP contribution in [-0.4, -0.2) is 44.1 Å². The van der Waals surface area contributed by atoms with Gasteiger partial charge in [-0.25, -0.2) is 4.79 Å². The Morgan fingerprint density at radius 3 is 2.60 bits per heavy atom. The molecule has 0 fully saturated rings. The molecule has 0 atom stereocenters. The lowest BCUT2D eigenvalue weighted by Crippen LogP contribution is -2.32. The van der Waals surface area contributed by atoms with E-state index in [-0.39, 0.29) is 11.6 Å². The first-order chi connectivity index (χ1) is 11.8. The Kier molecular flexibility index (Phi) is 6.12. The van der Waals surface area contributed by atoms with Crippen LogP contribution >= 0.6 is 0 Å². The zero-order valence-electron chi connectivity index (χ0n) is 15.7. The predicted octanol–water partition coefficient (Wildman–Crippen LogP) is 1.68. The van der Waals surface area contributed by atoms with E-state index in [9.17, 15) is 9.59 Å². The summed E-state index contributed by atoms with van der Waals surface area (Å²) >= 11 is 0. The smallest absolute Gasteiger partial charge is 0.346 e. The fourth-order valence-corrected chi connectivity index (χ4v) is 3.01. The maximum absolute atomic E-state index is 12.3. The van der Waals surface area contributed by atoms with Crippen molar-refractivity contribution in [3.8, 4) is 0 Å². The van der Waals surface area contributed by atoms with Crippen molar-refractivity contribution in [3.63, 3.8) is 0 Å². The molecule has 2 aromatic rings. The van der Waals surface area contributed by atoms with Gasteiger partial charge in [-0.1, -0.05) is 0 Å². The van der Waals surface area contributed by atoms with Crippen LogP contribution in [0.1, 0.15) is 41.2 Å². The van der Waals surface area contributed by atoms with Crippen LogP contribution in [0.4, 0.5) is 0 Å². The van der Waals surface area contributed by atoms with Crippen molar-refractivity contribution in [1.29, 1.82) is 0 Å². The maximum Gasteiger partial charge on any atom is 0.347 e. The number of aromatic nitrogens is 4. The van der Waals surface area contributed by atoms with Gasteiger partial charge in [0.15, 0.2) is 0 Å². The number of aromatic amines is 1. The van der Waals surface area contributed by atoms with Crippen LogP contribution in [0.5, 0.6) is 0 Å². The lowest BCUT2D eigenvalue weighted by atomic mass is 10.1. The van der Waals surface area contributed by atoms with Crippen LogP contribution < -0.4 is 5.69 Å². The summed E-state index contributed by atoms with van der Waals surface area (Å²) in [6.45, 7) is 8.70. The zero-order valence-corrected chi connectivity index (χ0v) is 15.7. The van der Waals surface area contributed by atoms with Crippen LogP contribution in [0.3, 0.4) is 0 Å². The molecule has 0 aliphatic heterocycles. The second-order valence-electron chi connectivity index (χ2n) is 6.55. The second kappa shape index (κ2) is 8.09. The highest BCUT2D eigenvalue weighted by molar-refractivity contribution is 5.75. The van der Waals surface area contributed by atoms with Crippen LogP contribution in [0.15, 0.2) is 10.9 Å². The van der Waals surface area contributed by atoms with Gasteiger partial charge in [-0.3, -0.25) is 14.5 Å². The van der Waals surface area contributed by atoms with Crippen molar-refractivity contribution in [2.75, 3.05) is 13.6 Å². The van der Waals surface area contributed by atoms with Crippen LogP contribution in [0.2, 0.25) is 0 Å². The summed E-state index contributed by atoms with van der Waals surface area (Å²) < 4.78 is 1.55. The molecule has 2 heterocycles. The van der Waals surface area contributed by atoms with Crippen LogP contribution in [-0.2, 0) is 17.8 Å². The molecule has 7 heteroatoms. The summed E-state index contributed by atoms with van der Waals surface area (Å²) in [4.78, 5) is 29.9. The molecule has 0 aliphatic rings. The number of nitrogens with zero attached hydrogens (tertiary/aromatic N) is 4. The molecule has 0 spiro atoms. The van der Waals surface area contributed by atoms with E-state index in [2.05, 4.69) is 15.2 Å². The Morgan fingerprint density at radius 1 is 1.28 bits per heavy atom. The first-order valence-electron chi connectivity index (χ1n) is 8.59. The molecule has 2 aromatic heterocycles. The van der Waals surface area contributed by atoms with Crippen molar-refractivity contribution in [2.24, 2.45) is 0 Å². The monoisotopic (exact) mass is 345 g/mol. The minimum absolute atomic E-state index is 0.0347. The molecule has 1 amide bonds. The van der Waals surface area contributed by atoms with Crippen molar-refractivity contribution < 1.29 is 4.79 Å². The molecule has 1 N–H and O–H groups in total. The normalized spacial score (nSPS) is 10.9. The first kappa shape index (κ1) is 18.9. The summed E-state index contributed by atoms with van der Waals surface area (Å²) in [6.07, 6.45) is 2.08. The topological polar surface area (TPSA) is 83.9 Å². The van der Waals surface area contributed by atoms with Gasteiger partial charge in [0.2, 0.25) is 5.91 Å². The first-order valence-corrected chi connectivity index (χ1v) is 8.59. The number of amides is 1. The highest BCUT2D eigenvalue weighted by Gasteiger charge is 2.12. The van der Waals surface area contributed by atoms with E-state index in [1.165, 1.54) is 5.56 Å². The molecule has 0 unspecified atom stereocenters. The van der Waals surface area contributed by atoms with Crippen LogP contribution in [0, 0.1) is 27.7 Å². The van der Waals surface area contributed by atoms with E-state index in [1.54, 1.807) is 23.4 Å². The Labute approximate surface area is 148 Å². The maximum atomic E-state index is 12.3. The van der Waals surface area contributed by atoms with Gasteiger partial charge in [-0.15, -0.1) is 0 Å².